The van der Waals surface area contributed by atoms with Gasteiger partial charge in [-0.05, 0) is 55.9 Å². The van der Waals surface area contributed by atoms with Crippen LogP contribution in [0.1, 0.15) is 44.2 Å². The Bertz CT molecular complexity index is 389. The van der Waals surface area contributed by atoms with E-state index in [0.29, 0.717) is 12.1 Å². The lowest BCUT2D eigenvalue weighted by Gasteiger charge is -2.28. The van der Waals surface area contributed by atoms with Gasteiger partial charge in [-0.25, -0.2) is 0 Å². The van der Waals surface area contributed by atoms with Crippen LogP contribution in [0.25, 0.3) is 0 Å². The van der Waals surface area contributed by atoms with Crippen molar-refractivity contribution < 1.29 is 4.74 Å². The van der Waals surface area contributed by atoms with Crippen molar-refractivity contribution in [3.8, 4) is 5.75 Å². The first kappa shape index (κ1) is 13.4. The third kappa shape index (κ3) is 3.26. The molecular weight excluding hydrogens is 222 g/mol. The molecule has 2 atom stereocenters. The third-order valence-corrected chi connectivity index (χ3v) is 3.88. The highest BCUT2D eigenvalue weighted by Gasteiger charge is 2.20. The summed E-state index contributed by atoms with van der Waals surface area (Å²) in [4.78, 5) is 0. The third-order valence-electron chi connectivity index (χ3n) is 3.88. The van der Waals surface area contributed by atoms with Crippen molar-refractivity contribution >= 4 is 0 Å². The Morgan fingerprint density at radius 3 is 2.94 bits per heavy atom. The standard InChI is InChI=1S/C16H25NO/c1-4-5-12(2)17-15-8-6-13-7-9-16(18-3)11-14(13)10-15/h7,9,11-12,15,17H,4-6,8,10H2,1-3H3. The molecule has 0 heterocycles. The highest BCUT2D eigenvalue weighted by Crippen LogP contribution is 2.25. The Morgan fingerprint density at radius 1 is 1.39 bits per heavy atom. The van der Waals surface area contributed by atoms with Crippen molar-refractivity contribution in [2.24, 2.45) is 0 Å². The first-order chi connectivity index (χ1) is 8.72. The molecule has 1 aliphatic rings. The van der Waals surface area contributed by atoms with E-state index in [-0.39, 0.29) is 0 Å². The highest BCUT2D eigenvalue weighted by molar-refractivity contribution is 5.37. The lowest BCUT2D eigenvalue weighted by atomic mass is 9.87. The van der Waals surface area contributed by atoms with E-state index in [0.717, 1.165) is 12.2 Å². The van der Waals surface area contributed by atoms with Crippen LogP contribution in [0.3, 0.4) is 0 Å². The maximum Gasteiger partial charge on any atom is 0.119 e. The van der Waals surface area contributed by atoms with Crippen LogP contribution >= 0.6 is 0 Å². The summed E-state index contributed by atoms with van der Waals surface area (Å²) < 4.78 is 5.31. The summed E-state index contributed by atoms with van der Waals surface area (Å²) in [7, 11) is 1.74. The molecule has 18 heavy (non-hydrogen) atoms. The molecule has 0 spiro atoms. The zero-order chi connectivity index (χ0) is 13.0. The second-order valence-corrected chi connectivity index (χ2v) is 5.43. The lowest BCUT2D eigenvalue weighted by molar-refractivity contribution is 0.388. The molecule has 1 aromatic carbocycles. The van der Waals surface area contributed by atoms with E-state index in [1.807, 2.05) is 0 Å². The van der Waals surface area contributed by atoms with Crippen LogP contribution in [0.15, 0.2) is 18.2 Å². The zero-order valence-corrected chi connectivity index (χ0v) is 11.8. The van der Waals surface area contributed by atoms with Gasteiger partial charge in [0.05, 0.1) is 7.11 Å². The van der Waals surface area contributed by atoms with E-state index in [1.54, 1.807) is 7.11 Å². The number of hydrogen-bond acceptors (Lipinski definition) is 2. The minimum absolute atomic E-state index is 0.631. The second-order valence-electron chi connectivity index (χ2n) is 5.43. The van der Waals surface area contributed by atoms with E-state index >= 15 is 0 Å². The predicted molar refractivity (Wildman–Crippen MR) is 76.3 cm³/mol. The molecule has 0 aliphatic heterocycles. The van der Waals surface area contributed by atoms with Gasteiger partial charge >= 0.3 is 0 Å². The molecule has 0 saturated carbocycles. The molecule has 0 amide bonds. The monoisotopic (exact) mass is 247 g/mol. The summed E-state index contributed by atoms with van der Waals surface area (Å²) in [5, 5.41) is 3.76. The molecule has 1 aliphatic carbocycles. The van der Waals surface area contributed by atoms with Crippen LogP contribution in [-0.2, 0) is 12.8 Å². The summed E-state index contributed by atoms with van der Waals surface area (Å²) in [5.41, 5.74) is 2.96. The van der Waals surface area contributed by atoms with Gasteiger partial charge in [0.25, 0.3) is 0 Å². The van der Waals surface area contributed by atoms with Gasteiger partial charge in [-0.1, -0.05) is 19.4 Å². The molecule has 0 bridgehead atoms. The topological polar surface area (TPSA) is 21.3 Å². The van der Waals surface area contributed by atoms with Crippen molar-refractivity contribution in [1.29, 1.82) is 0 Å². The predicted octanol–water partition coefficient (Wildman–Crippen LogP) is 3.33. The Labute approximate surface area is 111 Å². The molecule has 0 aromatic heterocycles. The number of rotatable bonds is 5. The maximum absolute atomic E-state index is 5.31. The van der Waals surface area contributed by atoms with E-state index < -0.39 is 0 Å². The average molecular weight is 247 g/mol. The average Bonchev–Trinajstić information content (AvgIpc) is 2.38. The van der Waals surface area contributed by atoms with Crippen molar-refractivity contribution in [1.82, 2.24) is 5.32 Å². The molecule has 0 fully saturated rings. The van der Waals surface area contributed by atoms with Gasteiger partial charge in [0.15, 0.2) is 0 Å². The number of benzene rings is 1. The van der Waals surface area contributed by atoms with E-state index in [9.17, 15) is 0 Å². The minimum Gasteiger partial charge on any atom is -0.497 e. The van der Waals surface area contributed by atoms with Crippen molar-refractivity contribution in [3.63, 3.8) is 0 Å². The fraction of sp³-hybridized carbons (Fsp3) is 0.625. The zero-order valence-electron chi connectivity index (χ0n) is 11.8. The summed E-state index contributed by atoms with van der Waals surface area (Å²) in [6, 6.07) is 7.76. The van der Waals surface area contributed by atoms with Crippen molar-refractivity contribution in [2.75, 3.05) is 7.11 Å². The first-order valence-electron chi connectivity index (χ1n) is 7.14. The largest absolute Gasteiger partial charge is 0.497 e. The molecule has 1 aromatic rings. The maximum atomic E-state index is 5.31. The Kier molecular flexibility index (Phi) is 4.65. The van der Waals surface area contributed by atoms with Gasteiger partial charge in [-0.2, -0.15) is 0 Å². The summed E-state index contributed by atoms with van der Waals surface area (Å²) in [6.45, 7) is 4.55. The minimum atomic E-state index is 0.631. The van der Waals surface area contributed by atoms with Gasteiger partial charge < -0.3 is 10.1 Å². The van der Waals surface area contributed by atoms with Crippen LogP contribution < -0.4 is 10.1 Å². The van der Waals surface area contributed by atoms with Crippen LogP contribution in [0.2, 0.25) is 0 Å². The van der Waals surface area contributed by atoms with Crippen LogP contribution in [0.5, 0.6) is 5.75 Å². The number of nitrogens with one attached hydrogen (secondary N) is 1. The molecule has 0 radical (unpaired) electrons. The van der Waals surface area contributed by atoms with E-state index in [2.05, 4.69) is 37.4 Å². The Balaban J connectivity index is 2.00. The number of aryl methyl sites for hydroxylation is 1. The molecule has 1 N–H and O–H groups in total. The lowest BCUT2D eigenvalue weighted by Crippen LogP contribution is -2.40. The van der Waals surface area contributed by atoms with Gasteiger partial charge in [-0.3, -0.25) is 0 Å². The van der Waals surface area contributed by atoms with E-state index in [1.165, 1.54) is 36.8 Å². The smallest absolute Gasteiger partial charge is 0.119 e. The molecule has 100 valence electrons. The molecule has 2 rings (SSSR count). The van der Waals surface area contributed by atoms with Gasteiger partial charge in [0.2, 0.25) is 0 Å². The number of hydrogen-bond donors (Lipinski definition) is 1. The summed E-state index contributed by atoms with van der Waals surface area (Å²) >= 11 is 0. The molecule has 0 saturated heterocycles. The second kappa shape index (κ2) is 6.24. The fourth-order valence-electron chi connectivity index (χ4n) is 2.92. The summed E-state index contributed by atoms with van der Waals surface area (Å²) in [5.74, 6) is 0.982. The quantitative estimate of drug-likeness (QED) is 0.861. The van der Waals surface area contributed by atoms with Crippen molar-refractivity contribution in [3.05, 3.63) is 29.3 Å². The van der Waals surface area contributed by atoms with Crippen LogP contribution in [-0.4, -0.2) is 19.2 Å². The fourth-order valence-corrected chi connectivity index (χ4v) is 2.92. The molecule has 2 heteroatoms. The first-order valence-corrected chi connectivity index (χ1v) is 7.14. The SMILES string of the molecule is CCCC(C)NC1CCc2ccc(OC)cc2C1. The number of fused-ring (bicyclic) bond motifs is 1. The Hall–Kier alpha value is -1.02. The Morgan fingerprint density at radius 2 is 2.22 bits per heavy atom. The number of ether oxygens (including phenoxy) is 1. The molecule has 2 nitrogen and oxygen atoms in total. The van der Waals surface area contributed by atoms with Gasteiger partial charge in [0.1, 0.15) is 5.75 Å². The normalized spacial score (nSPS) is 20.3. The van der Waals surface area contributed by atoms with Crippen LogP contribution in [0.4, 0.5) is 0 Å². The van der Waals surface area contributed by atoms with E-state index in [4.69, 9.17) is 4.74 Å². The molecular formula is C16H25NO. The summed E-state index contributed by atoms with van der Waals surface area (Å²) in [6.07, 6.45) is 6.11. The van der Waals surface area contributed by atoms with Gasteiger partial charge in [0, 0.05) is 12.1 Å². The molecule has 2 unspecified atom stereocenters. The van der Waals surface area contributed by atoms with Crippen LogP contribution in [0, 0.1) is 0 Å². The van der Waals surface area contributed by atoms with Crippen molar-refractivity contribution in [2.45, 2.75) is 58.0 Å². The number of methoxy groups -OCH3 is 1. The van der Waals surface area contributed by atoms with Gasteiger partial charge in [-0.15, -0.1) is 0 Å². The highest BCUT2D eigenvalue weighted by atomic mass is 16.5.